The zero-order valence-corrected chi connectivity index (χ0v) is 17.8. The van der Waals surface area contributed by atoms with Crippen molar-refractivity contribution in [1.82, 2.24) is 9.78 Å². The lowest BCUT2D eigenvalue weighted by molar-refractivity contribution is -0.116. The largest absolute Gasteiger partial charge is 0.497 e. The van der Waals surface area contributed by atoms with Crippen molar-refractivity contribution < 1.29 is 17.9 Å². The maximum atomic E-state index is 12.9. The minimum atomic E-state index is -3.82. The maximum absolute atomic E-state index is 12.9. The molecule has 0 saturated carbocycles. The Morgan fingerprint density at radius 3 is 2.54 bits per heavy atom. The van der Waals surface area contributed by atoms with Gasteiger partial charge in [-0.2, -0.15) is 5.10 Å². The van der Waals surface area contributed by atoms with Gasteiger partial charge in [-0.15, -0.1) is 0 Å². The van der Waals surface area contributed by atoms with E-state index in [1.165, 1.54) is 54.3 Å². The van der Waals surface area contributed by atoms with Crippen molar-refractivity contribution in [2.24, 2.45) is 0 Å². The number of hydrogen-bond acceptors (Lipinski definition) is 5. The molecule has 3 aromatic rings. The van der Waals surface area contributed by atoms with Gasteiger partial charge < -0.3 is 10.1 Å². The Morgan fingerprint density at radius 1 is 1.21 bits per heavy atom. The molecule has 0 radical (unpaired) electrons. The number of nitrogens with one attached hydrogen (secondary N) is 1. The van der Waals surface area contributed by atoms with Crippen LogP contribution in [0.3, 0.4) is 0 Å². The Hall–Kier alpha value is -2.36. The number of aromatic nitrogens is 2. The van der Waals surface area contributed by atoms with Crippen LogP contribution < -0.4 is 10.1 Å². The lowest BCUT2D eigenvalue weighted by Crippen LogP contribution is -2.19. The predicted molar refractivity (Wildman–Crippen MR) is 108 cm³/mol. The summed E-state index contributed by atoms with van der Waals surface area (Å²) in [6, 6.07) is 10.2. The molecule has 1 amide bonds. The molecule has 0 saturated heterocycles. The normalized spacial score (nSPS) is 11.2. The molecular formula is C18H15BrClN3O4S. The van der Waals surface area contributed by atoms with Gasteiger partial charge in [0.1, 0.15) is 12.3 Å². The number of methoxy groups -OCH3 is 1. The smallest absolute Gasteiger partial charge is 0.246 e. The Balaban J connectivity index is 1.89. The summed E-state index contributed by atoms with van der Waals surface area (Å²) in [7, 11) is -2.40. The van der Waals surface area contributed by atoms with Crippen molar-refractivity contribution in [2.45, 2.75) is 16.3 Å². The van der Waals surface area contributed by atoms with Gasteiger partial charge in [-0.1, -0.05) is 11.6 Å². The second kappa shape index (κ2) is 8.34. The molecule has 2 aromatic carbocycles. The minimum Gasteiger partial charge on any atom is -0.497 e. The first-order valence-electron chi connectivity index (χ1n) is 7.95. The molecule has 0 aliphatic rings. The van der Waals surface area contributed by atoms with Crippen LogP contribution in [0.15, 0.2) is 69.1 Å². The second-order valence-electron chi connectivity index (χ2n) is 5.76. The molecule has 0 aliphatic carbocycles. The first-order chi connectivity index (χ1) is 13.3. The highest BCUT2D eigenvalue weighted by atomic mass is 79.9. The van der Waals surface area contributed by atoms with Crippen LogP contribution in [0.5, 0.6) is 5.75 Å². The van der Waals surface area contributed by atoms with Crippen molar-refractivity contribution in [3.8, 4) is 5.75 Å². The molecule has 0 fully saturated rings. The fraction of sp³-hybridized carbons (Fsp3) is 0.111. The number of halogens is 2. The molecule has 0 aliphatic heterocycles. The van der Waals surface area contributed by atoms with Crippen LogP contribution in [-0.4, -0.2) is 31.2 Å². The average Bonchev–Trinajstić information content (AvgIpc) is 3.06. The van der Waals surface area contributed by atoms with E-state index in [9.17, 15) is 13.2 Å². The summed E-state index contributed by atoms with van der Waals surface area (Å²) < 4.78 is 33.2. The predicted octanol–water partition coefficient (Wildman–Crippen LogP) is 3.78. The number of nitrogens with zero attached hydrogens (tertiary/aromatic N) is 2. The monoisotopic (exact) mass is 483 g/mol. The number of ether oxygens (including phenoxy) is 1. The lowest BCUT2D eigenvalue weighted by Gasteiger charge is -2.11. The first-order valence-corrected chi connectivity index (χ1v) is 10.6. The summed E-state index contributed by atoms with van der Waals surface area (Å²) in [6.07, 6.45) is 3.22. The first kappa shape index (κ1) is 20.4. The minimum absolute atomic E-state index is 0.00805. The van der Waals surface area contributed by atoms with E-state index >= 15 is 0 Å². The quantitative estimate of drug-likeness (QED) is 0.575. The van der Waals surface area contributed by atoms with Gasteiger partial charge in [0.15, 0.2) is 0 Å². The van der Waals surface area contributed by atoms with E-state index in [-0.39, 0.29) is 22.2 Å². The lowest BCUT2D eigenvalue weighted by atomic mass is 10.3. The molecule has 1 aromatic heterocycles. The molecule has 28 heavy (non-hydrogen) atoms. The Morgan fingerprint density at radius 2 is 1.93 bits per heavy atom. The number of rotatable bonds is 6. The summed E-state index contributed by atoms with van der Waals surface area (Å²) in [5, 5.41) is 7.11. The highest BCUT2D eigenvalue weighted by molar-refractivity contribution is 9.10. The van der Waals surface area contributed by atoms with E-state index < -0.39 is 9.84 Å². The summed E-state index contributed by atoms with van der Waals surface area (Å²) >= 11 is 9.09. The average molecular weight is 485 g/mol. The highest BCUT2D eigenvalue weighted by Crippen LogP contribution is 2.29. The van der Waals surface area contributed by atoms with Gasteiger partial charge in [-0.3, -0.25) is 9.48 Å². The summed E-state index contributed by atoms with van der Waals surface area (Å²) in [6.45, 7) is -0.0257. The third-order valence-corrected chi connectivity index (χ3v) is 6.15. The summed E-state index contributed by atoms with van der Waals surface area (Å²) in [5.74, 6) is -0.0640. The van der Waals surface area contributed by atoms with Crippen molar-refractivity contribution >= 4 is 49.0 Å². The second-order valence-corrected chi connectivity index (χ2v) is 9.06. The van der Waals surface area contributed by atoms with Crippen molar-refractivity contribution in [3.63, 3.8) is 0 Å². The molecule has 0 bridgehead atoms. The van der Waals surface area contributed by atoms with Crippen molar-refractivity contribution in [3.05, 3.63) is 64.4 Å². The zero-order valence-electron chi connectivity index (χ0n) is 14.6. The number of anilines is 1. The van der Waals surface area contributed by atoms with Gasteiger partial charge >= 0.3 is 0 Å². The summed E-state index contributed by atoms with van der Waals surface area (Å²) in [5.41, 5.74) is 0.295. The molecular weight excluding hydrogens is 470 g/mol. The number of amides is 1. The van der Waals surface area contributed by atoms with Gasteiger partial charge in [0.25, 0.3) is 0 Å². The number of sulfone groups is 1. The van der Waals surface area contributed by atoms with E-state index in [1.54, 1.807) is 12.4 Å². The molecule has 3 rings (SSSR count). The standard InChI is InChI=1S/C18H15BrClN3O4S/c1-27-15-6-14(22-18(24)11-23-10-12(19)9-21-23)7-17(8-15)28(25,26)16-4-2-13(20)3-5-16/h2-10H,11H2,1H3,(H,22,24). The van der Waals surface area contributed by atoms with Gasteiger partial charge in [-0.05, 0) is 52.3 Å². The van der Waals surface area contributed by atoms with E-state index in [0.717, 1.165) is 4.47 Å². The van der Waals surface area contributed by atoms with Crippen LogP contribution in [0.4, 0.5) is 5.69 Å². The van der Waals surface area contributed by atoms with Crippen LogP contribution in [0.25, 0.3) is 0 Å². The van der Waals surface area contributed by atoms with Crippen molar-refractivity contribution in [2.75, 3.05) is 12.4 Å². The molecule has 10 heteroatoms. The van der Waals surface area contributed by atoms with Crippen LogP contribution in [0, 0.1) is 0 Å². The Kier molecular flexibility index (Phi) is 6.07. The molecule has 1 N–H and O–H groups in total. The SMILES string of the molecule is COc1cc(NC(=O)Cn2cc(Br)cn2)cc(S(=O)(=O)c2ccc(Cl)cc2)c1. The fourth-order valence-corrected chi connectivity index (χ4v) is 4.21. The van der Waals surface area contributed by atoms with Crippen LogP contribution in [0.2, 0.25) is 5.02 Å². The Bertz CT molecular complexity index is 1110. The van der Waals surface area contributed by atoms with E-state index in [2.05, 4.69) is 26.3 Å². The van der Waals surface area contributed by atoms with Gasteiger partial charge in [-0.25, -0.2) is 8.42 Å². The van der Waals surface area contributed by atoms with E-state index in [1.807, 2.05) is 0 Å². The fourth-order valence-electron chi connectivity index (χ4n) is 2.44. The number of hydrogen-bond donors (Lipinski definition) is 1. The van der Waals surface area contributed by atoms with Crippen molar-refractivity contribution in [1.29, 1.82) is 0 Å². The molecule has 146 valence electrons. The van der Waals surface area contributed by atoms with Gasteiger partial charge in [0, 0.05) is 23.0 Å². The molecule has 7 nitrogen and oxygen atoms in total. The zero-order chi connectivity index (χ0) is 20.3. The third kappa shape index (κ3) is 4.73. The number of carbonyl (C=O) groups excluding carboxylic acids is 1. The summed E-state index contributed by atoms with van der Waals surface area (Å²) in [4.78, 5) is 12.3. The van der Waals surface area contributed by atoms with E-state index in [0.29, 0.717) is 16.5 Å². The van der Waals surface area contributed by atoms with E-state index in [4.69, 9.17) is 16.3 Å². The molecule has 0 spiro atoms. The van der Waals surface area contributed by atoms with Gasteiger partial charge in [0.2, 0.25) is 15.7 Å². The topological polar surface area (TPSA) is 90.3 Å². The molecule has 0 atom stereocenters. The highest BCUT2D eigenvalue weighted by Gasteiger charge is 2.20. The van der Waals surface area contributed by atoms with Crippen LogP contribution >= 0.6 is 27.5 Å². The number of carbonyl (C=O) groups is 1. The number of benzene rings is 2. The van der Waals surface area contributed by atoms with Gasteiger partial charge in [0.05, 0.1) is 27.6 Å². The Labute approximate surface area is 175 Å². The molecule has 1 heterocycles. The molecule has 0 unspecified atom stereocenters. The third-order valence-electron chi connectivity index (χ3n) is 3.74. The maximum Gasteiger partial charge on any atom is 0.246 e. The van der Waals surface area contributed by atoms with Crippen LogP contribution in [0.1, 0.15) is 0 Å². The van der Waals surface area contributed by atoms with Crippen LogP contribution in [-0.2, 0) is 21.2 Å².